The number of hydrogen-bond acceptors (Lipinski definition) is 3. The first-order chi connectivity index (χ1) is 10.5. The maximum atomic E-state index is 6.13. The van der Waals surface area contributed by atoms with E-state index in [4.69, 9.17) is 39.0 Å². The highest BCUT2D eigenvalue weighted by Crippen LogP contribution is 2.25. The molecular weight excluding hydrogens is 318 g/mol. The van der Waals surface area contributed by atoms with E-state index in [0.717, 1.165) is 27.5 Å². The molecule has 2 rings (SSSR count). The molecule has 0 saturated carbocycles. The molecule has 0 aliphatic rings. The number of thiocarbonyl (C=S) groups is 1. The summed E-state index contributed by atoms with van der Waals surface area (Å²) in [4.78, 5) is 0.320. The molecule has 2 aromatic rings. The lowest BCUT2D eigenvalue weighted by atomic mass is 10.1. The number of aryl methyl sites for hydroxylation is 2. The highest BCUT2D eigenvalue weighted by Gasteiger charge is 2.06. The second-order valence-corrected chi connectivity index (χ2v) is 5.75. The van der Waals surface area contributed by atoms with Crippen LogP contribution in [0.25, 0.3) is 0 Å². The first kappa shape index (κ1) is 16.6. The van der Waals surface area contributed by atoms with Gasteiger partial charge in [-0.2, -0.15) is 0 Å². The van der Waals surface area contributed by atoms with E-state index in [-0.39, 0.29) is 0 Å². The van der Waals surface area contributed by atoms with Crippen molar-refractivity contribution >= 4 is 28.8 Å². The van der Waals surface area contributed by atoms with Crippen LogP contribution < -0.4 is 15.2 Å². The minimum Gasteiger partial charge on any atom is -0.490 e. The van der Waals surface area contributed by atoms with Gasteiger partial charge in [-0.15, -0.1) is 0 Å². The lowest BCUT2D eigenvalue weighted by Gasteiger charge is -2.12. The van der Waals surface area contributed by atoms with Crippen LogP contribution >= 0.6 is 23.8 Å². The smallest absolute Gasteiger partial charge is 0.129 e. The molecule has 0 aliphatic carbocycles. The van der Waals surface area contributed by atoms with Gasteiger partial charge < -0.3 is 15.2 Å². The third-order valence-electron chi connectivity index (χ3n) is 3.17. The number of halogens is 1. The molecule has 2 N–H and O–H groups in total. The van der Waals surface area contributed by atoms with Crippen molar-refractivity contribution in [1.29, 1.82) is 0 Å². The summed E-state index contributed by atoms with van der Waals surface area (Å²) in [7, 11) is 0. The van der Waals surface area contributed by atoms with Gasteiger partial charge in [0.25, 0.3) is 0 Å². The van der Waals surface area contributed by atoms with Crippen molar-refractivity contribution in [2.24, 2.45) is 5.73 Å². The van der Waals surface area contributed by atoms with E-state index < -0.39 is 0 Å². The van der Waals surface area contributed by atoms with E-state index in [1.54, 1.807) is 0 Å². The van der Waals surface area contributed by atoms with Gasteiger partial charge in [-0.3, -0.25) is 0 Å². The Kier molecular flexibility index (Phi) is 5.63. The average Bonchev–Trinajstić information content (AvgIpc) is 2.49. The van der Waals surface area contributed by atoms with Gasteiger partial charge in [-0.1, -0.05) is 36.0 Å². The summed E-state index contributed by atoms with van der Waals surface area (Å²) in [6.45, 7) is 4.74. The van der Waals surface area contributed by atoms with Crippen molar-refractivity contribution in [3.8, 4) is 11.5 Å². The van der Waals surface area contributed by atoms with Crippen molar-refractivity contribution in [2.75, 3.05) is 13.2 Å². The zero-order valence-corrected chi connectivity index (χ0v) is 14.1. The highest BCUT2D eigenvalue weighted by atomic mass is 35.5. The van der Waals surface area contributed by atoms with Crippen LogP contribution in [0.15, 0.2) is 36.4 Å². The molecular formula is C17H18ClNO2S. The predicted molar refractivity (Wildman–Crippen MR) is 94.2 cm³/mol. The summed E-state index contributed by atoms with van der Waals surface area (Å²) < 4.78 is 11.4. The molecule has 0 aromatic heterocycles. The number of rotatable bonds is 6. The molecule has 5 heteroatoms. The molecule has 0 amide bonds. The number of para-hydroxylation sites is 1. The van der Waals surface area contributed by atoms with Crippen molar-refractivity contribution < 1.29 is 9.47 Å². The second-order valence-electron chi connectivity index (χ2n) is 4.93. The van der Waals surface area contributed by atoms with E-state index in [1.165, 1.54) is 0 Å². The van der Waals surface area contributed by atoms with E-state index in [9.17, 15) is 0 Å². The van der Waals surface area contributed by atoms with Crippen molar-refractivity contribution in [3.63, 3.8) is 0 Å². The fourth-order valence-electron chi connectivity index (χ4n) is 2.10. The van der Waals surface area contributed by atoms with Crippen LogP contribution in [0.5, 0.6) is 11.5 Å². The molecule has 0 unspecified atom stereocenters. The monoisotopic (exact) mass is 335 g/mol. The molecule has 116 valence electrons. The molecule has 3 nitrogen and oxygen atoms in total. The van der Waals surface area contributed by atoms with Gasteiger partial charge in [0.05, 0.1) is 5.56 Å². The van der Waals surface area contributed by atoms with E-state index in [1.807, 2.05) is 50.2 Å². The van der Waals surface area contributed by atoms with E-state index >= 15 is 0 Å². The molecule has 22 heavy (non-hydrogen) atoms. The van der Waals surface area contributed by atoms with Crippen molar-refractivity contribution in [1.82, 2.24) is 0 Å². The third kappa shape index (κ3) is 4.12. The first-order valence-corrected chi connectivity index (χ1v) is 7.69. The van der Waals surface area contributed by atoms with Crippen LogP contribution in [0.4, 0.5) is 0 Å². The first-order valence-electron chi connectivity index (χ1n) is 6.90. The largest absolute Gasteiger partial charge is 0.490 e. The van der Waals surface area contributed by atoms with Crippen LogP contribution in [0.1, 0.15) is 16.7 Å². The Morgan fingerprint density at radius 1 is 1.09 bits per heavy atom. The standard InChI is InChI=1S/C17H18ClNO2S/c1-11-9-13(10-12(2)16(11)18)20-7-8-21-15-6-4-3-5-14(15)17(19)22/h3-6,9-10H,7-8H2,1-2H3,(H2,19,22). The van der Waals surface area contributed by atoms with Gasteiger partial charge >= 0.3 is 0 Å². The summed E-state index contributed by atoms with van der Waals surface area (Å²) >= 11 is 11.1. The fourth-order valence-corrected chi connectivity index (χ4v) is 2.37. The predicted octanol–water partition coefficient (Wildman–Crippen LogP) is 4.05. The Morgan fingerprint density at radius 2 is 1.68 bits per heavy atom. The number of nitrogens with two attached hydrogens (primary N) is 1. The summed E-state index contributed by atoms with van der Waals surface area (Å²) in [6, 6.07) is 11.3. The van der Waals surface area contributed by atoms with Crippen LogP contribution in [-0.4, -0.2) is 18.2 Å². The molecule has 0 aliphatic heterocycles. The molecule has 0 heterocycles. The minimum atomic E-state index is 0.320. The van der Waals surface area contributed by atoms with Gasteiger partial charge in [0.2, 0.25) is 0 Å². The molecule has 0 saturated heterocycles. The Balaban J connectivity index is 1.92. The van der Waals surface area contributed by atoms with E-state index in [0.29, 0.717) is 24.0 Å². The average molecular weight is 336 g/mol. The van der Waals surface area contributed by atoms with Gasteiger partial charge in [0.1, 0.15) is 29.7 Å². The minimum absolute atomic E-state index is 0.320. The molecule has 2 aromatic carbocycles. The highest BCUT2D eigenvalue weighted by molar-refractivity contribution is 7.80. The topological polar surface area (TPSA) is 44.5 Å². The summed E-state index contributed by atoms with van der Waals surface area (Å²) in [5, 5.41) is 0.772. The zero-order chi connectivity index (χ0) is 16.1. The van der Waals surface area contributed by atoms with Crippen molar-refractivity contribution in [3.05, 3.63) is 58.1 Å². The fraction of sp³-hybridized carbons (Fsp3) is 0.235. The van der Waals surface area contributed by atoms with Gasteiger partial charge in [0.15, 0.2) is 0 Å². The Morgan fingerprint density at radius 3 is 2.32 bits per heavy atom. The third-order valence-corrected chi connectivity index (χ3v) is 3.99. The number of ether oxygens (including phenoxy) is 2. The van der Waals surface area contributed by atoms with Crippen LogP contribution in [0, 0.1) is 13.8 Å². The molecule has 0 radical (unpaired) electrons. The Labute approximate surface area is 141 Å². The van der Waals surface area contributed by atoms with Crippen LogP contribution in [0.2, 0.25) is 5.02 Å². The Hall–Kier alpha value is -1.78. The maximum absolute atomic E-state index is 6.13. The SMILES string of the molecule is Cc1cc(OCCOc2ccccc2C(N)=S)cc(C)c1Cl. The quantitative estimate of drug-likeness (QED) is 0.639. The molecule has 0 atom stereocenters. The lowest BCUT2D eigenvalue weighted by molar-refractivity contribution is 0.217. The number of benzene rings is 2. The van der Waals surface area contributed by atoms with Crippen LogP contribution in [0.3, 0.4) is 0 Å². The maximum Gasteiger partial charge on any atom is 0.129 e. The van der Waals surface area contributed by atoms with Gasteiger partial charge in [-0.25, -0.2) is 0 Å². The molecule has 0 spiro atoms. The van der Waals surface area contributed by atoms with Gasteiger partial charge in [-0.05, 0) is 49.2 Å². The van der Waals surface area contributed by atoms with E-state index in [2.05, 4.69) is 0 Å². The molecule has 0 bridgehead atoms. The number of hydrogen-bond donors (Lipinski definition) is 1. The summed E-state index contributed by atoms with van der Waals surface area (Å²) in [6.07, 6.45) is 0. The summed E-state index contributed by atoms with van der Waals surface area (Å²) in [5.74, 6) is 1.45. The Bertz CT molecular complexity index is 665. The zero-order valence-electron chi connectivity index (χ0n) is 12.6. The second kappa shape index (κ2) is 7.47. The van der Waals surface area contributed by atoms with Gasteiger partial charge in [0, 0.05) is 5.02 Å². The van der Waals surface area contributed by atoms with Crippen LogP contribution in [-0.2, 0) is 0 Å². The molecule has 0 fully saturated rings. The normalized spacial score (nSPS) is 10.3. The summed E-state index contributed by atoms with van der Waals surface area (Å²) in [5.41, 5.74) is 8.39. The lowest BCUT2D eigenvalue weighted by Crippen LogP contribution is -2.14. The van der Waals surface area contributed by atoms with Crippen molar-refractivity contribution in [2.45, 2.75) is 13.8 Å².